The lowest BCUT2D eigenvalue weighted by atomic mass is 10.2. The van der Waals surface area contributed by atoms with Crippen LogP contribution in [0.5, 0.6) is 0 Å². The highest BCUT2D eigenvalue weighted by Gasteiger charge is 2.32. The van der Waals surface area contributed by atoms with Crippen LogP contribution in [0.25, 0.3) is 11.0 Å². The van der Waals surface area contributed by atoms with E-state index in [0.717, 1.165) is 28.0 Å². The lowest BCUT2D eigenvalue weighted by Crippen LogP contribution is -2.55. The molecule has 31 heavy (non-hydrogen) atoms. The van der Waals surface area contributed by atoms with Gasteiger partial charge in [0.15, 0.2) is 0 Å². The average molecular weight is 485 g/mol. The number of rotatable bonds is 3. The Balaban J connectivity index is 1.60. The fourth-order valence-corrected chi connectivity index (χ4v) is 4.23. The summed E-state index contributed by atoms with van der Waals surface area (Å²) in [6.45, 7) is 10.5. The van der Waals surface area contributed by atoms with Crippen molar-refractivity contribution in [2.24, 2.45) is 0 Å². The molecule has 1 saturated heterocycles. The van der Waals surface area contributed by atoms with E-state index in [1.54, 1.807) is 0 Å². The van der Waals surface area contributed by atoms with Crippen LogP contribution in [-0.2, 0) is 11.3 Å². The first-order valence-corrected chi connectivity index (χ1v) is 11.4. The minimum Gasteiger partial charge on any atom is -0.444 e. The van der Waals surface area contributed by atoms with E-state index in [9.17, 15) is 4.79 Å². The first-order valence-electron chi connectivity index (χ1n) is 10.7. The molecule has 1 aromatic heterocycles. The van der Waals surface area contributed by atoms with Gasteiger partial charge in [0.1, 0.15) is 5.60 Å². The van der Waals surface area contributed by atoms with Gasteiger partial charge in [0.25, 0.3) is 0 Å². The molecule has 0 N–H and O–H groups in total. The van der Waals surface area contributed by atoms with E-state index in [0.29, 0.717) is 19.6 Å². The van der Waals surface area contributed by atoms with E-state index < -0.39 is 5.60 Å². The Labute approximate surface area is 191 Å². The molecule has 0 bridgehead atoms. The van der Waals surface area contributed by atoms with Gasteiger partial charge >= 0.3 is 6.09 Å². The summed E-state index contributed by atoms with van der Waals surface area (Å²) >= 11 is 3.51. The van der Waals surface area contributed by atoms with E-state index in [-0.39, 0.29) is 12.1 Å². The van der Waals surface area contributed by atoms with Gasteiger partial charge in [0, 0.05) is 30.1 Å². The Morgan fingerprint density at radius 2 is 1.84 bits per heavy atom. The largest absolute Gasteiger partial charge is 0.444 e. The summed E-state index contributed by atoms with van der Waals surface area (Å²) in [5, 5.41) is 0. The summed E-state index contributed by atoms with van der Waals surface area (Å²) in [7, 11) is 0. The number of carbonyl (C=O) groups excluding carboxylic acids is 1. The number of halogens is 1. The molecule has 1 aliphatic rings. The predicted molar refractivity (Wildman–Crippen MR) is 128 cm³/mol. The third kappa shape index (κ3) is 4.87. The SMILES string of the molecule is C[C@@H]1CN(c2nc3ccccc3n2Cc2ccc(Br)cc2)CCN1C(=O)OC(C)(C)C. The van der Waals surface area contributed by atoms with E-state index in [1.165, 1.54) is 5.56 Å². The molecule has 164 valence electrons. The summed E-state index contributed by atoms with van der Waals surface area (Å²) in [5.74, 6) is 0.944. The standard InChI is InChI=1S/C24H29BrN4O2/c1-17-15-27(13-14-28(17)23(30)31-24(2,3)4)22-26-20-7-5-6-8-21(20)29(22)16-18-9-11-19(25)12-10-18/h5-12,17H,13-16H2,1-4H3/t17-/m1/s1. The van der Waals surface area contributed by atoms with Gasteiger partial charge in [0.05, 0.1) is 17.6 Å². The molecule has 0 spiro atoms. The van der Waals surface area contributed by atoms with Crippen molar-refractivity contribution in [3.05, 3.63) is 58.6 Å². The maximum atomic E-state index is 12.6. The van der Waals surface area contributed by atoms with Gasteiger partial charge in [-0.25, -0.2) is 9.78 Å². The summed E-state index contributed by atoms with van der Waals surface area (Å²) in [6, 6.07) is 16.7. The number of piperazine rings is 1. The molecular formula is C24H29BrN4O2. The van der Waals surface area contributed by atoms with Gasteiger partial charge in [-0.15, -0.1) is 0 Å². The van der Waals surface area contributed by atoms with Gasteiger partial charge in [-0.3, -0.25) is 0 Å². The van der Waals surface area contributed by atoms with Gasteiger partial charge in [-0.2, -0.15) is 0 Å². The van der Waals surface area contributed by atoms with Crippen LogP contribution in [0.2, 0.25) is 0 Å². The zero-order valence-electron chi connectivity index (χ0n) is 18.5. The molecule has 0 aliphatic carbocycles. The second-order valence-corrected chi connectivity index (χ2v) is 10.00. The van der Waals surface area contributed by atoms with Crippen molar-refractivity contribution < 1.29 is 9.53 Å². The van der Waals surface area contributed by atoms with Gasteiger partial charge in [0.2, 0.25) is 5.95 Å². The minimum atomic E-state index is -0.493. The van der Waals surface area contributed by atoms with E-state index >= 15 is 0 Å². The molecule has 3 aromatic rings. The molecule has 1 atom stereocenters. The van der Waals surface area contributed by atoms with Crippen molar-refractivity contribution in [1.29, 1.82) is 0 Å². The average Bonchev–Trinajstić information content (AvgIpc) is 3.07. The first-order chi connectivity index (χ1) is 14.7. The number of ether oxygens (including phenoxy) is 1. The van der Waals surface area contributed by atoms with Crippen LogP contribution < -0.4 is 4.90 Å². The number of hydrogen-bond donors (Lipinski definition) is 0. The Bertz CT molecular complexity index is 1070. The van der Waals surface area contributed by atoms with Crippen LogP contribution in [0.15, 0.2) is 53.0 Å². The molecule has 1 aliphatic heterocycles. The summed E-state index contributed by atoms with van der Waals surface area (Å²) in [5.41, 5.74) is 2.82. The molecule has 1 fully saturated rings. The second-order valence-electron chi connectivity index (χ2n) is 9.08. The fraction of sp³-hybridized carbons (Fsp3) is 0.417. The number of fused-ring (bicyclic) bond motifs is 1. The summed E-state index contributed by atoms with van der Waals surface area (Å²) in [4.78, 5) is 21.7. The molecule has 4 rings (SSSR count). The number of benzene rings is 2. The van der Waals surface area contributed by atoms with E-state index in [4.69, 9.17) is 9.72 Å². The van der Waals surface area contributed by atoms with Crippen LogP contribution in [-0.4, -0.2) is 51.8 Å². The van der Waals surface area contributed by atoms with E-state index in [2.05, 4.69) is 74.8 Å². The molecule has 7 heteroatoms. The molecule has 0 radical (unpaired) electrons. The molecular weight excluding hydrogens is 456 g/mol. The number of nitrogens with zero attached hydrogens (tertiary/aromatic N) is 4. The highest BCUT2D eigenvalue weighted by molar-refractivity contribution is 9.10. The molecule has 0 saturated carbocycles. The van der Waals surface area contributed by atoms with Crippen molar-refractivity contribution >= 4 is 39.0 Å². The Morgan fingerprint density at radius 3 is 2.52 bits per heavy atom. The van der Waals surface area contributed by atoms with Crippen LogP contribution >= 0.6 is 15.9 Å². The number of para-hydroxylation sites is 2. The van der Waals surface area contributed by atoms with Crippen molar-refractivity contribution in [3.8, 4) is 0 Å². The van der Waals surface area contributed by atoms with Gasteiger partial charge in [-0.05, 0) is 57.5 Å². The highest BCUT2D eigenvalue weighted by atomic mass is 79.9. The smallest absolute Gasteiger partial charge is 0.410 e. The second kappa shape index (κ2) is 8.54. The predicted octanol–water partition coefficient (Wildman–Crippen LogP) is 5.29. The summed E-state index contributed by atoms with van der Waals surface area (Å²) < 4.78 is 8.93. The number of carbonyl (C=O) groups is 1. The van der Waals surface area contributed by atoms with E-state index in [1.807, 2.05) is 31.7 Å². The van der Waals surface area contributed by atoms with Gasteiger partial charge < -0.3 is 19.1 Å². The fourth-order valence-electron chi connectivity index (χ4n) is 3.96. The Kier molecular flexibility index (Phi) is 5.97. The number of aromatic nitrogens is 2. The van der Waals surface area contributed by atoms with Crippen LogP contribution in [0.3, 0.4) is 0 Å². The molecule has 1 amide bonds. The number of anilines is 1. The quantitative estimate of drug-likeness (QED) is 0.506. The maximum Gasteiger partial charge on any atom is 0.410 e. The molecule has 2 heterocycles. The third-order valence-electron chi connectivity index (χ3n) is 5.43. The lowest BCUT2D eigenvalue weighted by Gasteiger charge is -2.40. The van der Waals surface area contributed by atoms with Crippen molar-refractivity contribution in [3.63, 3.8) is 0 Å². The number of imidazole rings is 1. The van der Waals surface area contributed by atoms with Crippen molar-refractivity contribution in [2.75, 3.05) is 24.5 Å². The van der Waals surface area contributed by atoms with Crippen molar-refractivity contribution in [1.82, 2.24) is 14.5 Å². The Hall–Kier alpha value is -2.54. The third-order valence-corrected chi connectivity index (χ3v) is 5.96. The first kappa shape index (κ1) is 21.7. The topological polar surface area (TPSA) is 50.6 Å². The van der Waals surface area contributed by atoms with Crippen LogP contribution in [0, 0.1) is 0 Å². The van der Waals surface area contributed by atoms with Crippen LogP contribution in [0.1, 0.15) is 33.3 Å². The zero-order valence-corrected chi connectivity index (χ0v) is 20.1. The minimum absolute atomic E-state index is 0.0320. The number of amides is 1. The number of hydrogen-bond acceptors (Lipinski definition) is 4. The van der Waals surface area contributed by atoms with Crippen molar-refractivity contribution in [2.45, 2.75) is 45.9 Å². The molecule has 0 unspecified atom stereocenters. The zero-order chi connectivity index (χ0) is 22.2. The van der Waals surface area contributed by atoms with Gasteiger partial charge in [-0.1, -0.05) is 40.2 Å². The maximum absolute atomic E-state index is 12.6. The highest BCUT2D eigenvalue weighted by Crippen LogP contribution is 2.27. The molecule has 6 nitrogen and oxygen atoms in total. The monoisotopic (exact) mass is 484 g/mol. The normalized spacial score (nSPS) is 17.3. The molecule has 2 aromatic carbocycles. The Morgan fingerprint density at radius 1 is 1.13 bits per heavy atom. The lowest BCUT2D eigenvalue weighted by molar-refractivity contribution is 0.0158. The summed E-state index contributed by atoms with van der Waals surface area (Å²) in [6.07, 6.45) is -0.247. The van der Waals surface area contributed by atoms with Crippen LogP contribution in [0.4, 0.5) is 10.7 Å².